The Hall–Kier alpha value is -3.66. The zero-order valence-corrected chi connectivity index (χ0v) is 16.4. The number of benzene rings is 1. The summed E-state index contributed by atoms with van der Waals surface area (Å²) >= 11 is 1.11. The van der Waals surface area contributed by atoms with Crippen molar-refractivity contribution in [3.63, 3.8) is 0 Å². The Morgan fingerprint density at radius 2 is 1.90 bits per heavy atom. The lowest BCUT2D eigenvalue weighted by atomic mass is 10.2. The van der Waals surface area contributed by atoms with E-state index in [0.29, 0.717) is 22.2 Å². The van der Waals surface area contributed by atoms with Gasteiger partial charge in [-0.1, -0.05) is 17.8 Å². The van der Waals surface area contributed by atoms with Gasteiger partial charge in [0.15, 0.2) is 11.6 Å². The second-order valence-corrected chi connectivity index (χ2v) is 6.94. The Kier molecular flexibility index (Phi) is 5.52. The Morgan fingerprint density at radius 3 is 2.59 bits per heavy atom. The number of anilines is 3. The highest BCUT2D eigenvalue weighted by molar-refractivity contribution is 7.08. The molecule has 0 atom stereocenters. The van der Waals surface area contributed by atoms with Crippen LogP contribution in [0.3, 0.4) is 0 Å². The third-order valence-corrected chi connectivity index (χ3v) is 4.82. The van der Waals surface area contributed by atoms with Crippen LogP contribution in [0.5, 0.6) is 0 Å². The van der Waals surface area contributed by atoms with Crippen LogP contribution in [0.2, 0.25) is 0 Å². The Morgan fingerprint density at radius 1 is 1.07 bits per heavy atom. The number of carbonyl (C=O) groups is 1. The smallest absolute Gasteiger partial charge is 0.269 e. The number of aryl methyl sites for hydroxylation is 1. The number of nitrogens with one attached hydrogen (secondary N) is 2. The molecule has 29 heavy (non-hydrogen) atoms. The maximum absolute atomic E-state index is 12.5. The molecule has 0 radical (unpaired) electrons. The van der Waals surface area contributed by atoms with E-state index >= 15 is 0 Å². The first-order chi connectivity index (χ1) is 14.2. The van der Waals surface area contributed by atoms with E-state index in [9.17, 15) is 4.79 Å². The van der Waals surface area contributed by atoms with Gasteiger partial charge >= 0.3 is 0 Å². The van der Waals surface area contributed by atoms with Crippen molar-refractivity contribution in [2.45, 2.75) is 19.8 Å². The summed E-state index contributed by atoms with van der Waals surface area (Å²) in [5.74, 6) is 1.06. The van der Waals surface area contributed by atoms with E-state index in [2.05, 4.69) is 35.5 Å². The van der Waals surface area contributed by atoms with E-state index in [4.69, 9.17) is 0 Å². The quantitative estimate of drug-likeness (QED) is 0.483. The van der Waals surface area contributed by atoms with Crippen molar-refractivity contribution in [3.8, 4) is 5.82 Å². The minimum atomic E-state index is -0.191. The second kappa shape index (κ2) is 8.57. The molecule has 0 unspecified atom stereocenters. The SMILES string of the molecule is CCCc1nnsc1C(=O)Nc1ccc(Nc2ccc(-n3cccn3)nn2)cc1. The molecule has 9 nitrogen and oxygen atoms in total. The van der Waals surface area contributed by atoms with Crippen molar-refractivity contribution in [2.75, 3.05) is 10.6 Å². The molecule has 0 bridgehead atoms. The van der Waals surface area contributed by atoms with Crippen LogP contribution in [-0.2, 0) is 6.42 Å². The molecule has 3 aromatic heterocycles. The number of rotatable bonds is 7. The number of hydrogen-bond donors (Lipinski definition) is 2. The number of carbonyl (C=O) groups excluding carboxylic acids is 1. The van der Waals surface area contributed by atoms with Crippen LogP contribution in [0, 0.1) is 0 Å². The van der Waals surface area contributed by atoms with Crippen molar-refractivity contribution in [3.05, 3.63) is 65.4 Å². The van der Waals surface area contributed by atoms with Crippen LogP contribution in [0.1, 0.15) is 28.7 Å². The number of nitrogens with zero attached hydrogens (tertiary/aromatic N) is 6. The summed E-state index contributed by atoms with van der Waals surface area (Å²) in [5, 5.41) is 22.5. The summed E-state index contributed by atoms with van der Waals surface area (Å²) in [5.41, 5.74) is 2.26. The van der Waals surface area contributed by atoms with E-state index in [-0.39, 0.29) is 5.91 Å². The normalized spacial score (nSPS) is 10.7. The Balaban J connectivity index is 1.39. The summed E-state index contributed by atoms with van der Waals surface area (Å²) < 4.78 is 5.53. The molecule has 4 aromatic rings. The summed E-state index contributed by atoms with van der Waals surface area (Å²) in [6.07, 6.45) is 5.14. The molecular formula is C19H18N8OS. The van der Waals surface area contributed by atoms with Crippen molar-refractivity contribution < 1.29 is 4.79 Å². The van der Waals surface area contributed by atoms with Crippen LogP contribution < -0.4 is 10.6 Å². The fourth-order valence-electron chi connectivity index (χ4n) is 2.67. The molecule has 3 heterocycles. The van der Waals surface area contributed by atoms with E-state index in [1.807, 2.05) is 49.4 Å². The standard InChI is InChI=1S/C19H18N8OS/c1-2-4-15-18(29-26-23-15)19(28)22-14-7-5-13(6-8-14)21-16-9-10-17(25-24-16)27-12-3-11-20-27/h3,5-12H,2,4H2,1H3,(H,21,24)(H,22,28). The van der Waals surface area contributed by atoms with E-state index in [1.54, 1.807) is 17.1 Å². The highest BCUT2D eigenvalue weighted by Gasteiger charge is 2.15. The Bertz CT molecular complexity index is 1070. The number of aromatic nitrogens is 6. The lowest BCUT2D eigenvalue weighted by molar-refractivity contribution is 0.102. The van der Waals surface area contributed by atoms with Gasteiger partial charge in [0, 0.05) is 23.8 Å². The molecule has 4 rings (SSSR count). The van der Waals surface area contributed by atoms with Gasteiger partial charge in [0.1, 0.15) is 4.88 Å². The first-order valence-corrected chi connectivity index (χ1v) is 9.83. The molecule has 0 saturated heterocycles. The van der Waals surface area contributed by atoms with Crippen molar-refractivity contribution in [1.29, 1.82) is 0 Å². The molecular weight excluding hydrogens is 388 g/mol. The van der Waals surface area contributed by atoms with Crippen LogP contribution in [0.15, 0.2) is 54.9 Å². The first-order valence-electron chi connectivity index (χ1n) is 9.06. The topological polar surface area (TPSA) is 111 Å². The van der Waals surface area contributed by atoms with Gasteiger partial charge < -0.3 is 10.6 Å². The van der Waals surface area contributed by atoms with Crippen molar-refractivity contribution in [2.24, 2.45) is 0 Å². The third kappa shape index (κ3) is 4.43. The molecule has 0 saturated carbocycles. The molecule has 1 amide bonds. The summed E-state index contributed by atoms with van der Waals surface area (Å²) in [6.45, 7) is 2.04. The molecule has 0 fully saturated rings. The molecule has 10 heteroatoms. The molecule has 2 N–H and O–H groups in total. The van der Waals surface area contributed by atoms with Gasteiger partial charge in [-0.3, -0.25) is 4.79 Å². The van der Waals surface area contributed by atoms with Crippen LogP contribution in [-0.4, -0.2) is 35.5 Å². The predicted octanol–water partition coefficient (Wildman–Crippen LogP) is 3.46. The zero-order chi connectivity index (χ0) is 20.1. The predicted molar refractivity (Wildman–Crippen MR) is 111 cm³/mol. The summed E-state index contributed by atoms with van der Waals surface area (Å²) in [7, 11) is 0. The maximum Gasteiger partial charge on any atom is 0.269 e. The molecule has 0 aliphatic rings. The third-order valence-electron chi connectivity index (χ3n) is 4.05. The lowest BCUT2D eigenvalue weighted by Gasteiger charge is -2.08. The van der Waals surface area contributed by atoms with Crippen molar-refractivity contribution in [1.82, 2.24) is 29.6 Å². The molecule has 0 spiro atoms. The van der Waals surface area contributed by atoms with Crippen LogP contribution in [0.4, 0.5) is 17.2 Å². The Labute approximate surface area is 171 Å². The van der Waals surface area contributed by atoms with E-state index in [0.717, 1.165) is 35.8 Å². The fourth-order valence-corrected chi connectivity index (χ4v) is 3.28. The van der Waals surface area contributed by atoms with Gasteiger partial charge in [0.05, 0.1) is 5.69 Å². The van der Waals surface area contributed by atoms with Gasteiger partial charge in [-0.25, -0.2) is 4.68 Å². The molecule has 1 aromatic carbocycles. The van der Waals surface area contributed by atoms with Gasteiger partial charge in [-0.15, -0.1) is 15.3 Å². The van der Waals surface area contributed by atoms with Crippen molar-refractivity contribution >= 4 is 34.6 Å². The molecule has 0 aliphatic heterocycles. The van der Waals surface area contributed by atoms with Gasteiger partial charge in [-0.05, 0) is 60.4 Å². The van der Waals surface area contributed by atoms with Gasteiger partial charge in [0.25, 0.3) is 5.91 Å². The zero-order valence-electron chi connectivity index (χ0n) is 15.6. The maximum atomic E-state index is 12.5. The highest BCUT2D eigenvalue weighted by Crippen LogP contribution is 2.20. The monoisotopic (exact) mass is 406 g/mol. The highest BCUT2D eigenvalue weighted by atomic mass is 32.1. The molecule has 146 valence electrons. The minimum Gasteiger partial charge on any atom is -0.339 e. The lowest BCUT2D eigenvalue weighted by Crippen LogP contribution is -2.12. The van der Waals surface area contributed by atoms with Crippen LogP contribution >= 0.6 is 11.5 Å². The average molecular weight is 406 g/mol. The fraction of sp³-hybridized carbons (Fsp3) is 0.158. The van der Waals surface area contributed by atoms with E-state index in [1.165, 1.54) is 0 Å². The van der Waals surface area contributed by atoms with Crippen LogP contribution in [0.25, 0.3) is 5.82 Å². The largest absolute Gasteiger partial charge is 0.339 e. The molecule has 0 aliphatic carbocycles. The van der Waals surface area contributed by atoms with Gasteiger partial charge in [0.2, 0.25) is 0 Å². The average Bonchev–Trinajstić information content (AvgIpc) is 3.43. The van der Waals surface area contributed by atoms with Gasteiger partial charge in [-0.2, -0.15) is 5.10 Å². The second-order valence-electron chi connectivity index (χ2n) is 6.18. The number of hydrogen-bond acceptors (Lipinski definition) is 8. The van der Waals surface area contributed by atoms with E-state index < -0.39 is 0 Å². The minimum absolute atomic E-state index is 0.191. The summed E-state index contributed by atoms with van der Waals surface area (Å²) in [6, 6.07) is 12.8. The first kappa shape index (κ1) is 18.7. The summed E-state index contributed by atoms with van der Waals surface area (Å²) in [4.78, 5) is 13.0. The number of amides is 1.